The van der Waals surface area contributed by atoms with E-state index in [4.69, 9.17) is 0 Å². The van der Waals surface area contributed by atoms with Crippen molar-refractivity contribution in [1.82, 2.24) is 4.72 Å². The third-order valence-corrected chi connectivity index (χ3v) is 5.07. The van der Waals surface area contributed by atoms with Gasteiger partial charge in [-0.2, -0.15) is 0 Å². The molecule has 0 fully saturated rings. The molecule has 0 aromatic heterocycles. The minimum atomic E-state index is -3.32. The van der Waals surface area contributed by atoms with Gasteiger partial charge in [-0.15, -0.1) is 0 Å². The third kappa shape index (κ3) is 6.58. The predicted octanol–water partition coefficient (Wildman–Crippen LogP) is 3.06. The van der Waals surface area contributed by atoms with Gasteiger partial charge in [0.05, 0.1) is 5.75 Å². The van der Waals surface area contributed by atoms with E-state index < -0.39 is 10.0 Å². The van der Waals surface area contributed by atoms with Gasteiger partial charge in [0.2, 0.25) is 15.9 Å². The zero-order valence-electron chi connectivity index (χ0n) is 13.7. The predicted molar refractivity (Wildman–Crippen MR) is 90.2 cm³/mol. The highest BCUT2D eigenvalue weighted by Gasteiger charge is 2.19. The monoisotopic (exact) mass is 326 g/mol. The van der Waals surface area contributed by atoms with Crippen molar-refractivity contribution in [1.29, 1.82) is 0 Å². The van der Waals surface area contributed by atoms with E-state index >= 15 is 0 Å². The van der Waals surface area contributed by atoms with E-state index in [2.05, 4.69) is 10.0 Å². The Bertz CT molecular complexity index is 599. The smallest absolute Gasteiger partial charge is 0.221 e. The molecule has 0 radical (unpaired) electrons. The fourth-order valence-corrected chi connectivity index (χ4v) is 4.11. The summed E-state index contributed by atoms with van der Waals surface area (Å²) in [7, 11) is -3.32. The molecule has 22 heavy (non-hydrogen) atoms. The summed E-state index contributed by atoms with van der Waals surface area (Å²) in [6.07, 6.45) is 1.87. The number of amides is 1. The van der Waals surface area contributed by atoms with Crippen LogP contribution in [-0.4, -0.2) is 20.1 Å². The second-order valence-corrected chi connectivity index (χ2v) is 7.62. The van der Waals surface area contributed by atoms with Gasteiger partial charge in [0, 0.05) is 18.7 Å². The minimum absolute atomic E-state index is 0.135. The number of hydrogen-bond acceptors (Lipinski definition) is 3. The maximum absolute atomic E-state index is 12.2. The Kier molecular flexibility index (Phi) is 7.03. The molecule has 0 aliphatic heterocycles. The molecule has 124 valence electrons. The minimum Gasteiger partial charge on any atom is -0.326 e. The lowest BCUT2D eigenvalue weighted by Crippen LogP contribution is -2.31. The van der Waals surface area contributed by atoms with Crippen molar-refractivity contribution >= 4 is 21.6 Å². The van der Waals surface area contributed by atoms with Crippen LogP contribution in [0.25, 0.3) is 0 Å². The molecule has 0 heterocycles. The molecule has 1 amide bonds. The number of anilines is 1. The van der Waals surface area contributed by atoms with Gasteiger partial charge in [-0.05, 0) is 37.0 Å². The average molecular weight is 326 g/mol. The van der Waals surface area contributed by atoms with E-state index in [-0.39, 0.29) is 23.6 Å². The van der Waals surface area contributed by atoms with Crippen molar-refractivity contribution in [2.75, 3.05) is 11.1 Å². The fourth-order valence-electron chi connectivity index (χ4n) is 2.43. The number of benzene rings is 1. The topological polar surface area (TPSA) is 75.3 Å². The third-order valence-electron chi connectivity index (χ3n) is 3.35. The molecule has 6 heteroatoms. The summed E-state index contributed by atoms with van der Waals surface area (Å²) >= 11 is 0. The number of carbonyl (C=O) groups excluding carboxylic acids is 1. The van der Waals surface area contributed by atoms with Crippen molar-refractivity contribution in [2.45, 2.75) is 46.6 Å². The second-order valence-electron chi connectivity index (χ2n) is 5.82. The van der Waals surface area contributed by atoms with Crippen LogP contribution in [0.15, 0.2) is 24.3 Å². The Morgan fingerprint density at radius 2 is 1.95 bits per heavy atom. The quantitative estimate of drug-likeness (QED) is 0.771. The normalized spacial score (nSPS) is 14.4. The van der Waals surface area contributed by atoms with Crippen LogP contribution in [0.4, 0.5) is 5.69 Å². The van der Waals surface area contributed by atoms with Gasteiger partial charge in [-0.1, -0.05) is 32.4 Å². The van der Waals surface area contributed by atoms with Crippen molar-refractivity contribution in [3.63, 3.8) is 0 Å². The number of rotatable bonds is 8. The molecular formula is C16H26N2O3S. The SMILES string of the molecule is CCC[C@@H](C)CS(=O)(=O)N[C@@H](C)c1cccc(NC(C)=O)c1. The highest BCUT2D eigenvalue weighted by molar-refractivity contribution is 7.89. The Morgan fingerprint density at radius 1 is 1.27 bits per heavy atom. The maximum Gasteiger partial charge on any atom is 0.221 e. The lowest BCUT2D eigenvalue weighted by Gasteiger charge is -2.17. The van der Waals surface area contributed by atoms with Crippen LogP contribution in [0.5, 0.6) is 0 Å². The summed E-state index contributed by atoms with van der Waals surface area (Å²) in [4.78, 5) is 11.1. The molecule has 0 saturated heterocycles. The zero-order valence-corrected chi connectivity index (χ0v) is 14.5. The first-order chi connectivity index (χ1) is 10.2. The molecule has 0 unspecified atom stereocenters. The molecule has 5 nitrogen and oxygen atoms in total. The van der Waals surface area contributed by atoms with E-state index in [1.807, 2.05) is 19.9 Å². The number of hydrogen-bond donors (Lipinski definition) is 2. The molecule has 1 aromatic carbocycles. The molecule has 2 atom stereocenters. The molecule has 0 spiro atoms. The van der Waals surface area contributed by atoms with Crippen LogP contribution in [-0.2, 0) is 14.8 Å². The maximum atomic E-state index is 12.2. The first-order valence-electron chi connectivity index (χ1n) is 7.61. The second kappa shape index (κ2) is 8.29. The van der Waals surface area contributed by atoms with E-state index in [0.717, 1.165) is 18.4 Å². The molecule has 1 aromatic rings. The summed E-state index contributed by atoms with van der Waals surface area (Å²) in [5, 5.41) is 2.70. The van der Waals surface area contributed by atoms with Gasteiger partial charge < -0.3 is 5.32 Å². The van der Waals surface area contributed by atoms with Crippen LogP contribution in [0.1, 0.15) is 52.1 Å². The number of carbonyl (C=O) groups is 1. The van der Waals surface area contributed by atoms with E-state index in [0.29, 0.717) is 5.69 Å². The highest BCUT2D eigenvalue weighted by atomic mass is 32.2. The average Bonchev–Trinajstić information content (AvgIpc) is 2.37. The fraction of sp³-hybridized carbons (Fsp3) is 0.562. The van der Waals surface area contributed by atoms with Crippen molar-refractivity contribution in [2.24, 2.45) is 5.92 Å². The first-order valence-corrected chi connectivity index (χ1v) is 9.26. The molecule has 0 aliphatic rings. The van der Waals surface area contributed by atoms with Gasteiger partial charge in [0.25, 0.3) is 0 Å². The van der Waals surface area contributed by atoms with Crippen molar-refractivity contribution < 1.29 is 13.2 Å². The highest BCUT2D eigenvalue weighted by Crippen LogP contribution is 2.19. The van der Waals surface area contributed by atoms with Gasteiger partial charge in [0.1, 0.15) is 0 Å². The Hall–Kier alpha value is -1.40. The van der Waals surface area contributed by atoms with Crippen LogP contribution < -0.4 is 10.0 Å². The lowest BCUT2D eigenvalue weighted by molar-refractivity contribution is -0.114. The summed E-state index contributed by atoms with van der Waals surface area (Å²) < 4.78 is 27.1. The van der Waals surface area contributed by atoms with Gasteiger partial charge in [-0.3, -0.25) is 4.79 Å². The molecular weight excluding hydrogens is 300 g/mol. The number of nitrogens with one attached hydrogen (secondary N) is 2. The van der Waals surface area contributed by atoms with Crippen molar-refractivity contribution in [3.8, 4) is 0 Å². The van der Waals surface area contributed by atoms with Gasteiger partial charge in [0.15, 0.2) is 0 Å². The largest absolute Gasteiger partial charge is 0.326 e. The standard InChI is InChI=1S/C16H26N2O3S/c1-5-7-12(2)11-22(20,21)18-13(3)15-8-6-9-16(10-15)17-14(4)19/h6,8-10,12-13,18H,5,7,11H2,1-4H3,(H,17,19)/t12-,13+/m1/s1. The van der Waals surface area contributed by atoms with E-state index in [9.17, 15) is 13.2 Å². The van der Waals surface area contributed by atoms with Crippen LogP contribution in [0, 0.1) is 5.92 Å². The number of sulfonamides is 1. The Balaban J connectivity index is 2.75. The van der Waals surface area contributed by atoms with Crippen LogP contribution in [0.3, 0.4) is 0 Å². The summed E-state index contributed by atoms with van der Waals surface area (Å²) in [6.45, 7) is 7.24. The zero-order chi connectivity index (χ0) is 16.8. The summed E-state index contributed by atoms with van der Waals surface area (Å²) in [5.74, 6) is 0.121. The van der Waals surface area contributed by atoms with E-state index in [1.54, 1.807) is 25.1 Å². The Morgan fingerprint density at radius 3 is 2.55 bits per heavy atom. The Labute approximate surface area is 133 Å². The first kappa shape index (κ1) is 18.6. The van der Waals surface area contributed by atoms with Gasteiger partial charge in [-0.25, -0.2) is 13.1 Å². The molecule has 0 saturated carbocycles. The summed E-state index contributed by atoms with van der Waals surface area (Å²) in [6, 6.07) is 6.85. The molecule has 0 bridgehead atoms. The van der Waals surface area contributed by atoms with Crippen LogP contribution in [0.2, 0.25) is 0 Å². The van der Waals surface area contributed by atoms with Crippen molar-refractivity contribution in [3.05, 3.63) is 29.8 Å². The lowest BCUT2D eigenvalue weighted by atomic mass is 10.1. The van der Waals surface area contributed by atoms with Gasteiger partial charge >= 0.3 is 0 Å². The molecule has 0 aliphatic carbocycles. The molecule has 1 rings (SSSR count). The summed E-state index contributed by atoms with van der Waals surface area (Å²) in [5.41, 5.74) is 1.48. The molecule has 2 N–H and O–H groups in total. The van der Waals surface area contributed by atoms with E-state index in [1.165, 1.54) is 6.92 Å². The van der Waals surface area contributed by atoms with Crippen LogP contribution >= 0.6 is 0 Å².